The Bertz CT molecular complexity index is 402. The fourth-order valence-corrected chi connectivity index (χ4v) is 1.75. The first-order chi connectivity index (χ1) is 7.69. The third kappa shape index (κ3) is 2.85. The molecule has 86 valence electrons. The summed E-state index contributed by atoms with van der Waals surface area (Å²) in [5.41, 5.74) is 2.15. The van der Waals surface area contributed by atoms with Crippen LogP contribution >= 0.6 is 12.2 Å². The molecule has 4 heteroatoms. The van der Waals surface area contributed by atoms with Crippen LogP contribution < -0.4 is 15.4 Å². The lowest BCUT2D eigenvalue weighted by Crippen LogP contribution is -2.30. The monoisotopic (exact) mass is 236 g/mol. The predicted molar refractivity (Wildman–Crippen MR) is 70.1 cm³/mol. The van der Waals surface area contributed by atoms with Crippen LogP contribution in [0.4, 0.5) is 5.69 Å². The summed E-state index contributed by atoms with van der Waals surface area (Å²) in [6.07, 6.45) is 2.45. The predicted octanol–water partition coefficient (Wildman–Crippen LogP) is 2.45. The molecule has 1 aromatic rings. The quantitative estimate of drug-likeness (QED) is 0.790. The molecule has 0 aliphatic heterocycles. The van der Waals surface area contributed by atoms with Crippen molar-refractivity contribution in [3.8, 4) is 5.75 Å². The molecular formula is C12H16N2OS. The van der Waals surface area contributed by atoms with E-state index in [0.29, 0.717) is 11.2 Å². The highest BCUT2D eigenvalue weighted by Gasteiger charge is 2.21. The van der Waals surface area contributed by atoms with E-state index in [1.54, 1.807) is 7.11 Å². The van der Waals surface area contributed by atoms with Crippen molar-refractivity contribution < 1.29 is 4.74 Å². The first kappa shape index (κ1) is 11.2. The van der Waals surface area contributed by atoms with Crippen molar-refractivity contribution in [1.29, 1.82) is 0 Å². The number of rotatable bonds is 3. The van der Waals surface area contributed by atoms with E-state index in [-0.39, 0.29) is 0 Å². The van der Waals surface area contributed by atoms with Crippen LogP contribution in [0.5, 0.6) is 5.75 Å². The third-order valence-corrected chi connectivity index (χ3v) is 2.81. The number of thiocarbonyl (C=S) groups is 1. The molecule has 0 saturated heterocycles. The van der Waals surface area contributed by atoms with Gasteiger partial charge in [0, 0.05) is 11.7 Å². The topological polar surface area (TPSA) is 33.3 Å². The maximum absolute atomic E-state index is 5.22. The molecule has 0 radical (unpaired) electrons. The van der Waals surface area contributed by atoms with Crippen LogP contribution in [0.15, 0.2) is 18.2 Å². The van der Waals surface area contributed by atoms with Crippen LogP contribution in [0, 0.1) is 6.92 Å². The molecule has 1 aromatic carbocycles. The Kier molecular flexibility index (Phi) is 3.29. The molecule has 16 heavy (non-hydrogen) atoms. The minimum atomic E-state index is 0.582. The van der Waals surface area contributed by atoms with Crippen molar-refractivity contribution >= 4 is 23.0 Å². The summed E-state index contributed by atoms with van der Waals surface area (Å²) < 4.78 is 5.15. The summed E-state index contributed by atoms with van der Waals surface area (Å²) in [7, 11) is 1.67. The molecule has 0 heterocycles. The maximum atomic E-state index is 5.22. The molecule has 0 aromatic heterocycles. The van der Waals surface area contributed by atoms with Gasteiger partial charge in [-0.05, 0) is 55.7 Å². The van der Waals surface area contributed by atoms with Gasteiger partial charge in [0.1, 0.15) is 5.75 Å². The van der Waals surface area contributed by atoms with Crippen LogP contribution in [0.3, 0.4) is 0 Å². The first-order valence-corrected chi connectivity index (χ1v) is 5.82. The van der Waals surface area contributed by atoms with Gasteiger partial charge in [0.05, 0.1) is 7.11 Å². The largest absolute Gasteiger partial charge is 0.497 e. The van der Waals surface area contributed by atoms with Gasteiger partial charge in [-0.25, -0.2) is 0 Å². The number of hydrogen-bond donors (Lipinski definition) is 2. The lowest BCUT2D eigenvalue weighted by Gasteiger charge is -2.12. The van der Waals surface area contributed by atoms with Crippen LogP contribution in [0.1, 0.15) is 18.4 Å². The first-order valence-electron chi connectivity index (χ1n) is 5.41. The second kappa shape index (κ2) is 4.70. The lowest BCUT2D eigenvalue weighted by atomic mass is 10.2. The lowest BCUT2D eigenvalue weighted by molar-refractivity contribution is 0.414. The normalized spacial score (nSPS) is 14.4. The van der Waals surface area contributed by atoms with E-state index in [1.807, 2.05) is 25.1 Å². The summed E-state index contributed by atoms with van der Waals surface area (Å²) >= 11 is 5.22. The Morgan fingerprint density at radius 2 is 2.19 bits per heavy atom. The van der Waals surface area contributed by atoms with E-state index >= 15 is 0 Å². The molecule has 0 spiro atoms. The number of nitrogens with one attached hydrogen (secondary N) is 2. The molecule has 0 bridgehead atoms. The van der Waals surface area contributed by atoms with Crippen molar-refractivity contribution in [2.45, 2.75) is 25.8 Å². The molecule has 1 saturated carbocycles. The van der Waals surface area contributed by atoms with Crippen molar-refractivity contribution in [2.24, 2.45) is 0 Å². The van der Waals surface area contributed by atoms with Crippen LogP contribution in [0.25, 0.3) is 0 Å². The van der Waals surface area contributed by atoms with Gasteiger partial charge in [0.2, 0.25) is 0 Å². The zero-order valence-electron chi connectivity index (χ0n) is 9.54. The van der Waals surface area contributed by atoms with E-state index in [0.717, 1.165) is 17.0 Å². The highest BCUT2D eigenvalue weighted by atomic mass is 32.1. The number of ether oxygens (including phenoxy) is 1. The minimum absolute atomic E-state index is 0.582. The minimum Gasteiger partial charge on any atom is -0.497 e. The second-order valence-electron chi connectivity index (χ2n) is 4.05. The van der Waals surface area contributed by atoms with Gasteiger partial charge in [-0.1, -0.05) is 0 Å². The molecule has 0 amide bonds. The van der Waals surface area contributed by atoms with E-state index in [4.69, 9.17) is 17.0 Å². The number of benzene rings is 1. The summed E-state index contributed by atoms with van der Waals surface area (Å²) in [5.74, 6) is 0.865. The Balaban J connectivity index is 1.99. The Labute approximate surface area is 101 Å². The van der Waals surface area contributed by atoms with Gasteiger partial charge in [-0.2, -0.15) is 0 Å². The standard InChI is InChI=1S/C12H16N2OS/c1-8-7-10(15-2)5-6-11(8)14-12(16)13-9-3-4-9/h5-7,9H,3-4H2,1-2H3,(H2,13,14,16). The third-order valence-electron chi connectivity index (χ3n) is 2.59. The smallest absolute Gasteiger partial charge is 0.171 e. The number of aryl methyl sites for hydroxylation is 1. The SMILES string of the molecule is COc1ccc(NC(=S)NC2CC2)c(C)c1. The molecule has 3 nitrogen and oxygen atoms in total. The Morgan fingerprint density at radius 1 is 1.44 bits per heavy atom. The number of methoxy groups -OCH3 is 1. The van der Waals surface area contributed by atoms with E-state index < -0.39 is 0 Å². The molecule has 0 atom stereocenters. The fourth-order valence-electron chi connectivity index (χ4n) is 1.47. The van der Waals surface area contributed by atoms with Gasteiger partial charge in [0.15, 0.2) is 5.11 Å². The number of anilines is 1. The van der Waals surface area contributed by atoms with Gasteiger partial charge in [-0.15, -0.1) is 0 Å². The average Bonchev–Trinajstić information content (AvgIpc) is 3.05. The highest BCUT2D eigenvalue weighted by Crippen LogP contribution is 2.22. The van der Waals surface area contributed by atoms with E-state index in [2.05, 4.69) is 10.6 Å². The van der Waals surface area contributed by atoms with Gasteiger partial charge < -0.3 is 15.4 Å². The summed E-state index contributed by atoms with van der Waals surface area (Å²) in [6.45, 7) is 2.03. The highest BCUT2D eigenvalue weighted by molar-refractivity contribution is 7.80. The van der Waals surface area contributed by atoms with E-state index in [9.17, 15) is 0 Å². The van der Waals surface area contributed by atoms with Crippen LogP contribution in [0.2, 0.25) is 0 Å². The summed E-state index contributed by atoms with van der Waals surface area (Å²) in [4.78, 5) is 0. The van der Waals surface area contributed by atoms with Crippen LogP contribution in [-0.2, 0) is 0 Å². The zero-order chi connectivity index (χ0) is 11.5. The van der Waals surface area contributed by atoms with Gasteiger partial charge in [-0.3, -0.25) is 0 Å². The second-order valence-corrected chi connectivity index (χ2v) is 4.46. The molecular weight excluding hydrogens is 220 g/mol. The molecule has 0 unspecified atom stereocenters. The Morgan fingerprint density at radius 3 is 2.75 bits per heavy atom. The van der Waals surface area contributed by atoms with Gasteiger partial charge >= 0.3 is 0 Å². The fraction of sp³-hybridized carbons (Fsp3) is 0.417. The van der Waals surface area contributed by atoms with Crippen molar-refractivity contribution in [2.75, 3.05) is 12.4 Å². The van der Waals surface area contributed by atoms with Crippen molar-refractivity contribution in [1.82, 2.24) is 5.32 Å². The zero-order valence-corrected chi connectivity index (χ0v) is 10.4. The van der Waals surface area contributed by atoms with Crippen molar-refractivity contribution in [3.63, 3.8) is 0 Å². The molecule has 2 rings (SSSR count). The molecule has 1 aliphatic rings. The van der Waals surface area contributed by atoms with Crippen LogP contribution in [-0.4, -0.2) is 18.3 Å². The maximum Gasteiger partial charge on any atom is 0.171 e. The van der Waals surface area contributed by atoms with Crippen molar-refractivity contribution in [3.05, 3.63) is 23.8 Å². The molecule has 1 fully saturated rings. The molecule has 2 N–H and O–H groups in total. The molecule has 1 aliphatic carbocycles. The summed E-state index contributed by atoms with van der Waals surface area (Å²) in [6, 6.07) is 6.48. The average molecular weight is 236 g/mol. The number of hydrogen-bond acceptors (Lipinski definition) is 2. The summed E-state index contributed by atoms with van der Waals surface area (Å²) in [5, 5.41) is 7.15. The Hall–Kier alpha value is -1.29. The van der Waals surface area contributed by atoms with E-state index in [1.165, 1.54) is 12.8 Å². The van der Waals surface area contributed by atoms with Gasteiger partial charge in [0.25, 0.3) is 0 Å².